The average molecular weight is 456 g/mol. The summed E-state index contributed by atoms with van der Waals surface area (Å²) in [5.41, 5.74) is 3.37. The quantitative estimate of drug-likeness (QED) is 0.671. The normalized spacial score (nSPS) is 31.7. The Bertz CT molecular complexity index is 949. The first-order valence-electron chi connectivity index (χ1n) is 11.6. The van der Waals surface area contributed by atoms with Gasteiger partial charge in [0.25, 0.3) is 0 Å². The van der Waals surface area contributed by atoms with E-state index in [0.717, 1.165) is 17.8 Å². The van der Waals surface area contributed by atoms with Crippen LogP contribution in [0.1, 0.15) is 38.8 Å². The van der Waals surface area contributed by atoms with E-state index in [2.05, 4.69) is 29.6 Å². The predicted molar refractivity (Wildman–Crippen MR) is 122 cm³/mol. The summed E-state index contributed by atoms with van der Waals surface area (Å²) in [6.07, 6.45) is -1.71. The molecule has 3 fully saturated rings. The minimum Gasteiger partial charge on any atom is -0.381 e. The van der Waals surface area contributed by atoms with E-state index in [1.54, 1.807) is 0 Å². The van der Waals surface area contributed by atoms with Crippen LogP contribution in [0.5, 0.6) is 0 Å². The van der Waals surface area contributed by atoms with E-state index in [4.69, 9.17) is 28.4 Å². The van der Waals surface area contributed by atoms with Crippen molar-refractivity contribution < 1.29 is 28.4 Å². The molecule has 178 valence electrons. The Hall–Kier alpha value is -2.00. The molecular weight excluding hydrogens is 422 g/mol. The van der Waals surface area contributed by atoms with Gasteiger partial charge in [-0.2, -0.15) is 0 Å². The molecule has 5 atom stereocenters. The summed E-state index contributed by atoms with van der Waals surface area (Å²) in [4.78, 5) is 0. The standard InChI is InChI=1S/C26H33NO6/c1-25(2)30-21-20(29-24-23(22(21)31-25)32-26(3,4)33-24)16-28-15-18-12-8-9-13-19(18)27-14-17-10-6-5-7-11-17/h5-13,20-24,27H,14-16H2,1-4H3/t20-,21+,22+,23-,24-/m1/s1. The van der Waals surface area contributed by atoms with Crippen molar-refractivity contribution in [3.8, 4) is 0 Å². The lowest BCUT2D eigenvalue weighted by Gasteiger charge is -2.37. The van der Waals surface area contributed by atoms with Gasteiger partial charge in [0.15, 0.2) is 17.9 Å². The van der Waals surface area contributed by atoms with Crippen LogP contribution in [-0.2, 0) is 41.6 Å². The highest BCUT2D eigenvalue weighted by atomic mass is 16.9. The van der Waals surface area contributed by atoms with Crippen molar-refractivity contribution in [2.75, 3.05) is 11.9 Å². The van der Waals surface area contributed by atoms with Crippen LogP contribution < -0.4 is 5.32 Å². The van der Waals surface area contributed by atoms with E-state index < -0.39 is 17.9 Å². The van der Waals surface area contributed by atoms with Crippen molar-refractivity contribution in [1.82, 2.24) is 0 Å². The first kappa shape index (κ1) is 22.8. The minimum absolute atomic E-state index is 0.269. The van der Waals surface area contributed by atoms with Gasteiger partial charge in [-0.1, -0.05) is 48.5 Å². The van der Waals surface area contributed by atoms with Crippen LogP contribution in [0, 0.1) is 0 Å². The second-order valence-corrected chi connectivity index (χ2v) is 9.72. The summed E-state index contributed by atoms with van der Waals surface area (Å²) in [5.74, 6) is -1.44. The number of benzene rings is 2. The summed E-state index contributed by atoms with van der Waals surface area (Å²) < 4.78 is 36.8. The van der Waals surface area contributed by atoms with E-state index in [9.17, 15) is 0 Å². The maximum atomic E-state index is 6.23. The number of ether oxygens (including phenoxy) is 6. The van der Waals surface area contributed by atoms with Gasteiger partial charge in [0.2, 0.25) is 0 Å². The van der Waals surface area contributed by atoms with Crippen LogP contribution in [-0.4, -0.2) is 48.9 Å². The monoisotopic (exact) mass is 455 g/mol. The highest BCUT2D eigenvalue weighted by Gasteiger charge is 2.60. The smallest absolute Gasteiger partial charge is 0.190 e. The molecule has 0 saturated carbocycles. The van der Waals surface area contributed by atoms with Crippen molar-refractivity contribution in [1.29, 1.82) is 0 Å². The van der Waals surface area contributed by atoms with Gasteiger partial charge < -0.3 is 33.7 Å². The maximum absolute atomic E-state index is 6.23. The zero-order valence-electron chi connectivity index (χ0n) is 19.7. The molecule has 0 amide bonds. The second-order valence-electron chi connectivity index (χ2n) is 9.72. The molecule has 3 aliphatic rings. The topological polar surface area (TPSA) is 67.4 Å². The molecule has 0 aliphatic carbocycles. The van der Waals surface area contributed by atoms with E-state index in [-0.39, 0.29) is 24.4 Å². The summed E-state index contributed by atoms with van der Waals surface area (Å²) in [5, 5.41) is 3.51. The van der Waals surface area contributed by atoms with Gasteiger partial charge in [-0.05, 0) is 39.3 Å². The Kier molecular flexibility index (Phi) is 6.20. The maximum Gasteiger partial charge on any atom is 0.190 e. The number of fused-ring (bicyclic) bond motifs is 3. The minimum atomic E-state index is -0.727. The molecule has 5 rings (SSSR count). The Labute approximate surface area is 195 Å². The largest absolute Gasteiger partial charge is 0.381 e. The van der Waals surface area contributed by atoms with E-state index in [1.165, 1.54) is 5.56 Å². The number of hydrogen-bond acceptors (Lipinski definition) is 7. The van der Waals surface area contributed by atoms with Crippen LogP contribution >= 0.6 is 0 Å². The summed E-state index contributed by atoms with van der Waals surface area (Å²) in [6, 6.07) is 18.5. The Morgan fingerprint density at radius 2 is 1.45 bits per heavy atom. The van der Waals surface area contributed by atoms with Crippen LogP contribution in [0.25, 0.3) is 0 Å². The van der Waals surface area contributed by atoms with Gasteiger partial charge in [0.05, 0.1) is 13.2 Å². The van der Waals surface area contributed by atoms with Crippen molar-refractivity contribution in [3.05, 3.63) is 65.7 Å². The van der Waals surface area contributed by atoms with Gasteiger partial charge in [-0.15, -0.1) is 0 Å². The summed E-state index contributed by atoms with van der Waals surface area (Å²) in [7, 11) is 0. The molecule has 3 heterocycles. The molecule has 7 nitrogen and oxygen atoms in total. The van der Waals surface area contributed by atoms with Crippen LogP contribution in [0.15, 0.2) is 54.6 Å². The molecule has 0 bridgehead atoms. The third-order valence-electron chi connectivity index (χ3n) is 6.13. The third-order valence-corrected chi connectivity index (χ3v) is 6.13. The Morgan fingerprint density at radius 3 is 2.27 bits per heavy atom. The molecule has 2 aromatic carbocycles. The lowest BCUT2D eigenvalue weighted by atomic mass is 9.99. The fourth-order valence-corrected chi connectivity index (χ4v) is 4.72. The third kappa shape index (κ3) is 5.09. The molecule has 33 heavy (non-hydrogen) atoms. The van der Waals surface area contributed by atoms with Crippen LogP contribution in [0.4, 0.5) is 5.69 Å². The molecule has 0 radical (unpaired) electrons. The van der Waals surface area contributed by atoms with E-state index in [1.807, 2.05) is 58.0 Å². The zero-order valence-corrected chi connectivity index (χ0v) is 19.7. The van der Waals surface area contributed by atoms with Crippen molar-refractivity contribution in [3.63, 3.8) is 0 Å². The molecule has 0 spiro atoms. The molecule has 3 saturated heterocycles. The first-order valence-corrected chi connectivity index (χ1v) is 11.6. The molecule has 1 N–H and O–H groups in total. The van der Waals surface area contributed by atoms with E-state index >= 15 is 0 Å². The Morgan fingerprint density at radius 1 is 0.788 bits per heavy atom. The number of para-hydroxylation sites is 1. The van der Waals surface area contributed by atoms with E-state index in [0.29, 0.717) is 13.2 Å². The van der Waals surface area contributed by atoms with Crippen molar-refractivity contribution in [2.45, 2.75) is 83.1 Å². The predicted octanol–water partition coefficient (Wildman–Crippen LogP) is 4.21. The molecule has 7 heteroatoms. The van der Waals surface area contributed by atoms with Crippen molar-refractivity contribution in [2.24, 2.45) is 0 Å². The number of anilines is 1. The lowest BCUT2D eigenvalue weighted by molar-refractivity contribution is -0.243. The zero-order chi connectivity index (χ0) is 23.1. The van der Waals surface area contributed by atoms with Crippen LogP contribution in [0.2, 0.25) is 0 Å². The molecule has 3 aliphatic heterocycles. The van der Waals surface area contributed by atoms with Gasteiger partial charge >= 0.3 is 0 Å². The molecule has 0 aromatic heterocycles. The van der Waals surface area contributed by atoms with Crippen LogP contribution in [0.3, 0.4) is 0 Å². The SMILES string of the molecule is CC1(C)O[C@H]2[C@@H](O1)[C@@H](COCc1ccccc1NCc1ccccc1)O[C@@H]1OC(C)(C)O[C@@H]12. The molecule has 2 aromatic rings. The summed E-state index contributed by atoms with van der Waals surface area (Å²) >= 11 is 0. The highest BCUT2D eigenvalue weighted by molar-refractivity contribution is 5.51. The van der Waals surface area contributed by atoms with Gasteiger partial charge in [-0.3, -0.25) is 0 Å². The fraction of sp³-hybridized carbons (Fsp3) is 0.538. The fourth-order valence-electron chi connectivity index (χ4n) is 4.72. The highest BCUT2D eigenvalue weighted by Crippen LogP contribution is 2.44. The number of nitrogens with one attached hydrogen (secondary N) is 1. The van der Waals surface area contributed by atoms with Gasteiger partial charge in [0, 0.05) is 17.8 Å². The van der Waals surface area contributed by atoms with Gasteiger partial charge in [0.1, 0.15) is 24.4 Å². The first-order chi connectivity index (χ1) is 15.8. The summed E-state index contributed by atoms with van der Waals surface area (Å²) in [6.45, 7) is 9.16. The number of hydrogen-bond donors (Lipinski definition) is 1. The average Bonchev–Trinajstić information content (AvgIpc) is 3.27. The second kappa shape index (κ2) is 8.98. The Balaban J connectivity index is 1.22. The molecule has 0 unspecified atom stereocenters. The lowest BCUT2D eigenvalue weighted by Crippen LogP contribution is -2.56. The van der Waals surface area contributed by atoms with Crippen molar-refractivity contribution >= 4 is 5.69 Å². The number of rotatable bonds is 7. The molecular formula is C26H33NO6. The van der Waals surface area contributed by atoms with Gasteiger partial charge in [-0.25, -0.2) is 0 Å².